The second-order valence-electron chi connectivity index (χ2n) is 5.62. The van der Waals surface area contributed by atoms with Crippen LogP contribution in [0.4, 0.5) is 0 Å². The summed E-state index contributed by atoms with van der Waals surface area (Å²) in [7, 11) is 1.43. The number of aromatic nitrogens is 1. The van der Waals surface area contributed by atoms with Crippen LogP contribution in [0.3, 0.4) is 0 Å². The summed E-state index contributed by atoms with van der Waals surface area (Å²) < 4.78 is 4.82. The van der Waals surface area contributed by atoms with Crippen molar-refractivity contribution in [1.82, 2.24) is 10.3 Å². The maximum atomic E-state index is 11.6. The van der Waals surface area contributed by atoms with Crippen molar-refractivity contribution >= 4 is 28.5 Å². The Morgan fingerprint density at radius 3 is 3.10 bits per heavy atom. The molecule has 1 aromatic heterocycles. The zero-order valence-corrected chi connectivity index (χ0v) is 13.0. The summed E-state index contributed by atoms with van der Waals surface area (Å²) in [6.07, 6.45) is 1.69. The minimum absolute atomic E-state index is 0.131. The van der Waals surface area contributed by atoms with Crippen LogP contribution in [0.1, 0.15) is 30.6 Å². The highest BCUT2D eigenvalue weighted by molar-refractivity contribution is 6.31. The summed E-state index contributed by atoms with van der Waals surface area (Å²) >= 11 is 6.11. The molecule has 1 aliphatic rings. The smallest absolute Gasteiger partial charge is 0.308 e. The predicted octanol–water partition coefficient (Wildman–Crippen LogP) is 3.21. The van der Waals surface area contributed by atoms with Gasteiger partial charge >= 0.3 is 5.97 Å². The molecule has 0 radical (unpaired) electrons. The second kappa shape index (κ2) is 5.70. The molecular formula is C16H19ClN2O2. The van der Waals surface area contributed by atoms with Gasteiger partial charge in [0, 0.05) is 27.7 Å². The van der Waals surface area contributed by atoms with Crippen LogP contribution >= 0.6 is 11.6 Å². The Morgan fingerprint density at radius 1 is 1.52 bits per heavy atom. The van der Waals surface area contributed by atoms with Gasteiger partial charge in [0.05, 0.1) is 13.0 Å². The van der Waals surface area contributed by atoms with Gasteiger partial charge in [-0.1, -0.05) is 18.5 Å². The van der Waals surface area contributed by atoms with E-state index in [0.29, 0.717) is 0 Å². The van der Waals surface area contributed by atoms with Gasteiger partial charge in [0.1, 0.15) is 0 Å². The number of methoxy groups -OCH3 is 1. The van der Waals surface area contributed by atoms with Crippen LogP contribution in [-0.2, 0) is 16.0 Å². The number of aromatic amines is 1. The molecule has 0 saturated carbocycles. The van der Waals surface area contributed by atoms with Crippen LogP contribution in [0.15, 0.2) is 18.2 Å². The zero-order valence-electron chi connectivity index (χ0n) is 12.2. The molecule has 2 atom stereocenters. The van der Waals surface area contributed by atoms with Crippen molar-refractivity contribution < 1.29 is 9.53 Å². The monoisotopic (exact) mass is 306 g/mol. The first-order chi connectivity index (χ1) is 10.1. The third-order valence-corrected chi connectivity index (χ3v) is 4.44. The third-order valence-electron chi connectivity index (χ3n) is 4.21. The average molecular weight is 307 g/mol. The molecule has 0 amide bonds. The van der Waals surface area contributed by atoms with E-state index in [0.717, 1.165) is 29.9 Å². The highest BCUT2D eigenvalue weighted by Crippen LogP contribution is 2.34. The van der Waals surface area contributed by atoms with Crippen molar-refractivity contribution in [2.75, 3.05) is 13.7 Å². The summed E-state index contributed by atoms with van der Waals surface area (Å²) in [5.41, 5.74) is 3.59. The van der Waals surface area contributed by atoms with E-state index in [9.17, 15) is 4.79 Å². The first-order valence-corrected chi connectivity index (χ1v) is 7.59. The summed E-state index contributed by atoms with van der Waals surface area (Å²) in [5, 5.41) is 5.43. The lowest BCUT2D eigenvalue weighted by molar-refractivity contribution is -0.145. The molecule has 1 aromatic carbocycles. The molecule has 2 aromatic rings. The van der Waals surface area contributed by atoms with Crippen LogP contribution in [-0.4, -0.2) is 24.6 Å². The first-order valence-electron chi connectivity index (χ1n) is 7.21. The van der Waals surface area contributed by atoms with Crippen LogP contribution in [0.5, 0.6) is 0 Å². The predicted molar refractivity (Wildman–Crippen MR) is 83.6 cm³/mol. The number of H-pyrrole nitrogens is 1. The molecule has 2 heterocycles. The Morgan fingerprint density at radius 2 is 2.33 bits per heavy atom. The van der Waals surface area contributed by atoms with Gasteiger partial charge in [-0.2, -0.15) is 0 Å². The first kappa shape index (κ1) is 14.4. The quantitative estimate of drug-likeness (QED) is 0.856. The molecule has 4 nitrogen and oxygen atoms in total. The van der Waals surface area contributed by atoms with Crippen molar-refractivity contribution in [2.24, 2.45) is 5.92 Å². The lowest BCUT2D eigenvalue weighted by Gasteiger charge is -2.26. The van der Waals surface area contributed by atoms with Gasteiger partial charge < -0.3 is 15.0 Å². The van der Waals surface area contributed by atoms with Crippen molar-refractivity contribution in [3.8, 4) is 0 Å². The summed E-state index contributed by atoms with van der Waals surface area (Å²) in [6, 6.07) is 6.06. The normalized spacial score (nSPS) is 19.3. The van der Waals surface area contributed by atoms with E-state index in [1.807, 2.05) is 25.1 Å². The number of fused-ring (bicyclic) bond motifs is 3. The molecule has 0 aliphatic carbocycles. The van der Waals surface area contributed by atoms with Crippen LogP contribution < -0.4 is 5.32 Å². The minimum atomic E-state index is -0.164. The van der Waals surface area contributed by atoms with Gasteiger partial charge in [-0.3, -0.25) is 4.79 Å². The number of hydrogen-bond acceptors (Lipinski definition) is 3. The zero-order chi connectivity index (χ0) is 15.0. The Hall–Kier alpha value is -1.52. The molecule has 0 saturated heterocycles. The van der Waals surface area contributed by atoms with Gasteiger partial charge in [0.25, 0.3) is 0 Å². The van der Waals surface area contributed by atoms with Crippen molar-refractivity contribution in [1.29, 1.82) is 0 Å². The Bertz CT molecular complexity index is 680. The van der Waals surface area contributed by atoms with Crippen molar-refractivity contribution in [2.45, 2.75) is 25.8 Å². The standard InChI is InChI=1S/C16H19ClN2O2/c1-9(16(20)21-2)7-14-15-11(5-6-18-14)12-8-10(17)3-4-13(12)19-15/h3-4,8-9,14,18-19H,5-7H2,1-2H3. The summed E-state index contributed by atoms with van der Waals surface area (Å²) in [6.45, 7) is 2.81. The molecular weight excluding hydrogens is 288 g/mol. The molecule has 0 spiro atoms. The van der Waals surface area contributed by atoms with Crippen molar-refractivity contribution in [3.05, 3.63) is 34.5 Å². The van der Waals surface area contributed by atoms with E-state index >= 15 is 0 Å². The number of benzene rings is 1. The molecule has 21 heavy (non-hydrogen) atoms. The van der Waals surface area contributed by atoms with E-state index in [1.54, 1.807) is 0 Å². The van der Waals surface area contributed by atoms with Crippen molar-refractivity contribution in [3.63, 3.8) is 0 Å². The number of nitrogens with one attached hydrogen (secondary N) is 2. The summed E-state index contributed by atoms with van der Waals surface area (Å²) in [5.74, 6) is -0.295. The van der Waals surface area contributed by atoms with Crippen LogP contribution in [0.25, 0.3) is 10.9 Å². The number of halogens is 1. The molecule has 3 rings (SSSR count). The third kappa shape index (κ3) is 2.65. The van der Waals surface area contributed by atoms with Gasteiger partial charge in [-0.15, -0.1) is 0 Å². The Balaban J connectivity index is 1.94. The maximum Gasteiger partial charge on any atom is 0.308 e. The van der Waals surface area contributed by atoms with E-state index in [4.69, 9.17) is 16.3 Å². The minimum Gasteiger partial charge on any atom is -0.469 e. The maximum absolute atomic E-state index is 11.6. The molecule has 2 N–H and O–H groups in total. The second-order valence-corrected chi connectivity index (χ2v) is 6.06. The van der Waals surface area contributed by atoms with Gasteiger partial charge in [-0.05, 0) is 43.1 Å². The Kier molecular flexibility index (Phi) is 3.91. The average Bonchev–Trinajstić information content (AvgIpc) is 2.85. The van der Waals surface area contributed by atoms with E-state index in [1.165, 1.54) is 23.8 Å². The number of esters is 1. The fraction of sp³-hybridized carbons (Fsp3) is 0.438. The lowest BCUT2D eigenvalue weighted by atomic mass is 9.93. The number of ether oxygens (including phenoxy) is 1. The molecule has 5 heteroatoms. The molecule has 112 valence electrons. The lowest BCUT2D eigenvalue weighted by Crippen LogP contribution is -2.32. The van der Waals surface area contributed by atoms with E-state index in [2.05, 4.69) is 10.3 Å². The number of rotatable bonds is 3. The molecule has 0 bridgehead atoms. The highest BCUT2D eigenvalue weighted by Gasteiger charge is 2.27. The topological polar surface area (TPSA) is 54.1 Å². The number of carbonyl (C=O) groups excluding carboxylic acids is 1. The Labute approximate surface area is 128 Å². The van der Waals surface area contributed by atoms with E-state index < -0.39 is 0 Å². The van der Waals surface area contributed by atoms with Gasteiger partial charge in [0.2, 0.25) is 0 Å². The van der Waals surface area contributed by atoms with E-state index in [-0.39, 0.29) is 17.9 Å². The SMILES string of the molecule is COC(=O)C(C)CC1NCCc2c1[nH]c1ccc(Cl)cc21. The fourth-order valence-corrected chi connectivity index (χ4v) is 3.31. The van der Waals surface area contributed by atoms with Crippen LogP contribution in [0, 0.1) is 5.92 Å². The van der Waals surface area contributed by atoms with Gasteiger partial charge in [-0.25, -0.2) is 0 Å². The fourth-order valence-electron chi connectivity index (χ4n) is 3.13. The number of hydrogen-bond donors (Lipinski definition) is 2. The van der Waals surface area contributed by atoms with Gasteiger partial charge in [0.15, 0.2) is 0 Å². The molecule has 2 unspecified atom stereocenters. The molecule has 1 aliphatic heterocycles. The van der Waals surface area contributed by atoms with Crippen LogP contribution in [0.2, 0.25) is 5.02 Å². The number of carbonyl (C=O) groups is 1. The molecule has 0 fully saturated rings. The highest BCUT2D eigenvalue weighted by atomic mass is 35.5. The largest absolute Gasteiger partial charge is 0.469 e. The summed E-state index contributed by atoms with van der Waals surface area (Å²) in [4.78, 5) is 15.1.